The van der Waals surface area contributed by atoms with Crippen LogP contribution < -0.4 is 0 Å². The molecule has 0 radical (unpaired) electrons. The van der Waals surface area contributed by atoms with Gasteiger partial charge in [0.05, 0.1) is 22.1 Å². The molecule has 0 aliphatic rings. The van der Waals surface area contributed by atoms with Gasteiger partial charge in [0.1, 0.15) is 16.8 Å². The van der Waals surface area contributed by atoms with E-state index in [0.717, 1.165) is 71.7 Å². The molecule has 4 heterocycles. The lowest BCUT2D eigenvalue weighted by atomic mass is 9.96. The SMILES string of the molecule is c1ccc(-n2c3ccc4ccccc4c3c3c4ccccc4c4c5ccccc5n(-c5nc(-c6cccc7ccccc67)c6oc7ccccc7c6n5)c4c32)cc1. The van der Waals surface area contributed by atoms with E-state index in [0.29, 0.717) is 11.5 Å². The van der Waals surface area contributed by atoms with E-state index in [1.54, 1.807) is 0 Å². The largest absolute Gasteiger partial charge is 0.452 e. The zero-order valence-electron chi connectivity index (χ0n) is 30.5. The zero-order valence-corrected chi connectivity index (χ0v) is 30.5. The van der Waals surface area contributed by atoms with Crippen LogP contribution in [0.15, 0.2) is 186 Å². The lowest BCUT2D eigenvalue weighted by Crippen LogP contribution is -2.04. The number of rotatable bonds is 3. The summed E-state index contributed by atoms with van der Waals surface area (Å²) in [7, 11) is 0. The average Bonchev–Trinajstić information content (AvgIpc) is 3.95. The van der Waals surface area contributed by atoms with Gasteiger partial charge in [-0.3, -0.25) is 4.57 Å². The molecule has 5 nitrogen and oxygen atoms in total. The number of furan rings is 1. The summed E-state index contributed by atoms with van der Waals surface area (Å²) in [6.07, 6.45) is 0. The lowest BCUT2D eigenvalue weighted by Gasteiger charge is -2.14. The third-order valence-electron chi connectivity index (χ3n) is 11.9. The Labute approximate surface area is 325 Å². The molecule has 0 amide bonds. The summed E-state index contributed by atoms with van der Waals surface area (Å²) in [5.41, 5.74) is 9.47. The van der Waals surface area contributed by atoms with Crippen molar-refractivity contribution in [1.82, 2.24) is 19.1 Å². The van der Waals surface area contributed by atoms with Crippen LogP contribution in [-0.2, 0) is 0 Å². The highest BCUT2D eigenvalue weighted by Crippen LogP contribution is 2.48. The second-order valence-electron chi connectivity index (χ2n) is 14.9. The van der Waals surface area contributed by atoms with E-state index in [9.17, 15) is 0 Å². The highest BCUT2D eigenvalue weighted by atomic mass is 16.3. The number of fused-ring (bicyclic) bond motifs is 16. The predicted octanol–water partition coefficient (Wildman–Crippen LogP) is 13.7. The van der Waals surface area contributed by atoms with E-state index in [1.807, 2.05) is 12.1 Å². The predicted molar refractivity (Wildman–Crippen MR) is 236 cm³/mol. The van der Waals surface area contributed by atoms with Crippen LogP contribution in [0.25, 0.3) is 121 Å². The molecule has 0 bridgehead atoms. The molecule has 0 atom stereocenters. The molecular weight excluding hydrogens is 697 g/mol. The normalized spacial score (nSPS) is 12.2. The van der Waals surface area contributed by atoms with Gasteiger partial charge >= 0.3 is 0 Å². The number of hydrogen-bond acceptors (Lipinski definition) is 3. The van der Waals surface area contributed by atoms with Crippen LogP contribution in [0.1, 0.15) is 0 Å². The van der Waals surface area contributed by atoms with Gasteiger partial charge in [-0.15, -0.1) is 0 Å². The van der Waals surface area contributed by atoms with E-state index in [4.69, 9.17) is 14.4 Å². The molecule has 13 aromatic rings. The van der Waals surface area contributed by atoms with Gasteiger partial charge in [-0.05, 0) is 68.7 Å². The van der Waals surface area contributed by atoms with Gasteiger partial charge in [0.25, 0.3) is 0 Å². The maximum Gasteiger partial charge on any atom is 0.236 e. The van der Waals surface area contributed by atoms with Crippen LogP contribution in [-0.4, -0.2) is 19.1 Å². The van der Waals surface area contributed by atoms with Crippen LogP contribution >= 0.6 is 0 Å². The Bertz CT molecular complexity index is 3810. The third-order valence-corrected chi connectivity index (χ3v) is 11.9. The molecule has 0 aliphatic carbocycles. The van der Waals surface area contributed by atoms with Crippen molar-refractivity contribution in [2.75, 3.05) is 0 Å². The quantitative estimate of drug-likeness (QED) is 0.182. The van der Waals surface area contributed by atoms with E-state index >= 15 is 0 Å². The van der Waals surface area contributed by atoms with Crippen molar-refractivity contribution < 1.29 is 4.42 Å². The topological polar surface area (TPSA) is 48.8 Å². The minimum atomic E-state index is 0.592. The van der Waals surface area contributed by atoms with Gasteiger partial charge in [-0.25, -0.2) is 9.97 Å². The molecule has 0 N–H and O–H groups in total. The van der Waals surface area contributed by atoms with E-state index in [1.165, 1.54) is 37.7 Å². The summed E-state index contributed by atoms with van der Waals surface area (Å²) in [4.78, 5) is 11.1. The minimum Gasteiger partial charge on any atom is -0.452 e. The van der Waals surface area contributed by atoms with Crippen molar-refractivity contribution in [3.8, 4) is 22.9 Å². The number of nitrogens with zero attached hydrogens (tertiary/aromatic N) is 4. The van der Waals surface area contributed by atoms with Gasteiger partial charge in [0, 0.05) is 38.2 Å². The number of aromatic nitrogens is 4. The number of hydrogen-bond donors (Lipinski definition) is 0. The Hall–Kier alpha value is -7.76. The molecule has 57 heavy (non-hydrogen) atoms. The molecule has 13 rings (SSSR count). The molecule has 0 saturated carbocycles. The van der Waals surface area contributed by atoms with Crippen molar-refractivity contribution in [3.63, 3.8) is 0 Å². The number of benzene rings is 9. The smallest absolute Gasteiger partial charge is 0.236 e. The van der Waals surface area contributed by atoms with E-state index in [2.05, 4.69) is 179 Å². The average molecular weight is 727 g/mol. The summed E-state index contributed by atoms with van der Waals surface area (Å²) >= 11 is 0. The van der Waals surface area contributed by atoms with Gasteiger partial charge in [0.2, 0.25) is 5.95 Å². The summed E-state index contributed by atoms with van der Waals surface area (Å²) in [6.45, 7) is 0. The molecule has 0 saturated heterocycles. The monoisotopic (exact) mass is 726 g/mol. The summed E-state index contributed by atoms with van der Waals surface area (Å²) < 4.78 is 11.5. The molecular formula is C52H30N4O. The van der Waals surface area contributed by atoms with Crippen LogP contribution in [0.5, 0.6) is 0 Å². The number of para-hydroxylation sites is 3. The molecule has 9 aromatic carbocycles. The first-order valence-electron chi connectivity index (χ1n) is 19.3. The van der Waals surface area contributed by atoms with Crippen molar-refractivity contribution in [3.05, 3.63) is 182 Å². The first-order valence-corrected chi connectivity index (χ1v) is 19.3. The highest BCUT2D eigenvalue weighted by Gasteiger charge is 2.28. The Balaban J connectivity index is 1.31. The maximum atomic E-state index is 6.68. The zero-order chi connectivity index (χ0) is 37.2. The van der Waals surface area contributed by atoms with Gasteiger partial charge in [0.15, 0.2) is 5.58 Å². The van der Waals surface area contributed by atoms with Gasteiger partial charge < -0.3 is 8.98 Å². The fourth-order valence-corrected chi connectivity index (χ4v) is 9.55. The van der Waals surface area contributed by atoms with E-state index in [-0.39, 0.29) is 0 Å². The van der Waals surface area contributed by atoms with Crippen molar-refractivity contribution >= 4 is 98.0 Å². The Kier molecular flexibility index (Phi) is 6.10. The molecule has 5 heteroatoms. The first-order chi connectivity index (χ1) is 28.3. The highest BCUT2D eigenvalue weighted by molar-refractivity contribution is 6.39. The minimum absolute atomic E-state index is 0.592. The van der Waals surface area contributed by atoms with Crippen molar-refractivity contribution in [1.29, 1.82) is 0 Å². The van der Waals surface area contributed by atoms with Crippen molar-refractivity contribution in [2.24, 2.45) is 0 Å². The standard InChI is InChI=1S/C52H30N4O/c1-2-18-33(19-3-1)55-42-30-29-32-16-5-7-21-35(32)45(42)46-37-23-9-8-22-36(37)44-39-24-10-12-27-41(39)56(49(44)50(46)55)52-53-47(38-26-14-17-31-15-4-6-20-34(31)38)51-48(54-52)40-25-11-13-28-43(40)57-51/h1-30H. The summed E-state index contributed by atoms with van der Waals surface area (Å²) in [5, 5.41) is 12.8. The van der Waals surface area contributed by atoms with Crippen LogP contribution in [0.2, 0.25) is 0 Å². The molecule has 0 spiro atoms. The van der Waals surface area contributed by atoms with Gasteiger partial charge in [-0.1, -0.05) is 146 Å². The first kappa shape index (κ1) is 30.6. The fourth-order valence-electron chi connectivity index (χ4n) is 9.55. The van der Waals surface area contributed by atoms with Crippen LogP contribution in [0.3, 0.4) is 0 Å². The molecule has 0 fully saturated rings. The van der Waals surface area contributed by atoms with E-state index < -0.39 is 0 Å². The maximum absolute atomic E-state index is 6.68. The van der Waals surface area contributed by atoms with Crippen LogP contribution in [0.4, 0.5) is 0 Å². The second-order valence-corrected chi connectivity index (χ2v) is 14.9. The third kappa shape index (κ3) is 4.12. The second kappa shape index (κ2) is 11.4. The Morgan fingerprint density at radius 2 is 1.00 bits per heavy atom. The molecule has 264 valence electrons. The fraction of sp³-hybridized carbons (Fsp3) is 0. The lowest BCUT2D eigenvalue weighted by molar-refractivity contribution is 0.666. The summed E-state index contributed by atoms with van der Waals surface area (Å²) in [6, 6.07) is 64.7. The Morgan fingerprint density at radius 1 is 0.386 bits per heavy atom. The molecule has 4 aromatic heterocycles. The van der Waals surface area contributed by atoms with Crippen molar-refractivity contribution in [2.45, 2.75) is 0 Å². The summed E-state index contributed by atoms with van der Waals surface area (Å²) in [5.74, 6) is 0.592. The molecule has 0 unspecified atom stereocenters. The van der Waals surface area contributed by atoms with Gasteiger partial charge in [-0.2, -0.15) is 0 Å². The Morgan fingerprint density at radius 3 is 1.82 bits per heavy atom. The molecule has 0 aliphatic heterocycles. The van der Waals surface area contributed by atoms with Crippen LogP contribution in [0, 0.1) is 0 Å².